The predicted molar refractivity (Wildman–Crippen MR) is 118 cm³/mol. The largest absolute Gasteiger partial charge is 0.368 e. The average molecular weight is 426 g/mol. The quantitative estimate of drug-likeness (QED) is 0.743. The molecule has 5 rings (SSSR count). The molecule has 0 spiro atoms. The number of fused-ring (bicyclic) bond motifs is 1. The van der Waals surface area contributed by atoms with Crippen molar-refractivity contribution in [1.82, 2.24) is 9.88 Å². The van der Waals surface area contributed by atoms with Crippen LogP contribution in [0.15, 0.2) is 30.5 Å². The topological polar surface area (TPSA) is 91.6 Å². The van der Waals surface area contributed by atoms with Gasteiger partial charge in [0.15, 0.2) is 5.13 Å². The average Bonchev–Trinajstić information content (AvgIpc) is 3.33. The number of hydrogen-bond donors (Lipinski definition) is 2. The number of nitrogens with two attached hydrogens (primary N) is 1. The molecule has 1 atom stereocenters. The van der Waals surface area contributed by atoms with Crippen LogP contribution < -0.4 is 16.0 Å². The molecule has 2 saturated heterocycles. The maximum absolute atomic E-state index is 13.0. The van der Waals surface area contributed by atoms with Crippen LogP contribution in [0.4, 0.5) is 15.6 Å². The van der Waals surface area contributed by atoms with Gasteiger partial charge in [-0.1, -0.05) is 12.1 Å². The molecule has 3 N–H and O–H groups in total. The van der Waals surface area contributed by atoms with Crippen molar-refractivity contribution in [2.75, 3.05) is 29.9 Å². The summed E-state index contributed by atoms with van der Waals surface area (Å²) in [6.07, 6.45) is 6.67. The van der Waals surface area contributed by atoms with Gasteiger partial charge in [0.05, 0.1) is 6.54 Å². The number of urea groups is 1. The lowest BCUT2D eigenvalue weighted by atomic mass is 9.87. The van der Waals surface area contributed by atoms with Crippen LogP contribution in [0.25, 0.3) is 0 Å². The Labute approximate surface area is 180 Å². The van der Waals surface area contributed by atoms with Gasteiger partial charge in [-0.05, 0) is 56.7 Å². The maximum Gasteiger partial charge on any atom is 0.325 e. The standard InChI is InChI=1S/C22H27N5O2S/c1-15-12-24-19(30-15)25-13-21(9-10-21)16-4-6-17(7-5-16)26-14-22(18(23)28)8-2-3-11-27(22)20(26)29/h4-7,12H,2-3,8-11,13-14H2,1H3,(H2,23,28)(H,24,25)/t22-/m1/s1. The Morgan fingerprint density at radius 1 is 1.23 bits per heavy atom. The molecule has 3 fully saturated rings. The number of carbonyl (C=O) groups is 2. The number of thiazole rings is 1. The molecule has 2 aromatic rings. The fourth-order valence-electron chi connectivity index (χ4n) is 4.88. The Bertz CT molecular complexity index is 984. The van der Waals surface area contributed by atoms with Crippen molar-refractivity contribution >= 4 is 34.1 Å². The molecule has 1 aromatic heterocycles. The van der Waals surface area contributed by atoms with Crippen LogP contribution in [0.2, 0.25) is 0 Å². The second kappa shape index (κ2) is 6.97. The van der Waals surface area contributed by atoms with Gasteiger partial charge in [0, 0.05) is 35.3 Å². The first-order valence-corrected chi connectivity index (χ1v) is 11.4. The molecule has 0 radical (unpaired) electrons. The van der Waals surface area contributed by atoms with Crippen LogP contribution in [-0.4, -0.2) is 47.0 Å². The monoisotopic (exact) mass is 425 g/mol. The number of carbonyl (C=O) groups excluding carboxylic acids is 2. The number of nitrogens with zero attached hydrogens (tertiary/aromatic N) is 3. The summed E-state index contributed by atoms with van der Waals surface area (Å²) in [5, 5.41) is 4.44. The zero-order valence-electron chi connectivity index (χ0n) is 17.2. The molecule has 3 aliphatic rings. The number of anilines is 2. The molecule has 2 aliphatic heterocycles. The van der Waals surface area contributed by atoms with E-state index in [1.165, 1.54) is 10.4 Å². The first-order valence-electron chi connectivity index (χ1n) is 10.6. The van der Waals surface area contributed by atoms with Gasteiger partial charge in [0.2, 0.25) is 5.91 Å². The lowest BCUT2D eigenvalue weighted by Gasteiger charge is -2.37. The molecule has 7 nitrogen and oxygen atoms in total. The molecule has 3 amide bonds. The molecule has 158 valence electrons. The summed E-state index contributed by atoms with van der Waals surface area (Å²) in [5.74, 6) is -0.393. The summed E-state index contributed by atoms with van der Waals surface area (Å²) in [5.41, 5.74) is 7.14. The summed E-state index contributed by atoms with van der Waals surface area (Å²) < 4.78 is 0. The van der Waals surface area contributed by atoms with Crippen molar-refractivity contribution in [2.24, 2.45) is 5.73 Å². The molecule has 0 unspecified atom stereocenters. The normalized spacial score (nSPS) is 24.6. The smallest absolute Gasteiger partial charge is 0.325 e. The van der Waals surface area contributed by atoms with Crippen molar-refractivity contribution in [3.05, 3.63) is 40.9 Å². The molecule has 1 aliphatic carbocycles. The minimum absolute atomic E-state index is 0.108. The lowest BCUT2D eigenvalue weighted by molar-refractivity contribution is -0.128. The number of primary amides is 1. The van der Waals surface area contributed by atoms with Crippen LogP contribution in [-0.2, 0) is 10.2 Å². The highest BCUT2D eigenvalue weighted by atomic mass is 32.1. The fourth-order valence-corrected chi connectivity index (χ4v) is 5.54. The zero-order valence-corrected chi connectivity index (χ0v) is 18.0. The molecular formula is C22H27N5O2S. The summed E-state index contributed by atoms with van der Waals surface area (Å²) in [4.78, 5) is 34.3. The number of aromatic nitrogens is 1. The van der Waals surface area contributed by atoms with Crippen molar-refractivity contribution < 1.29 is 9.59 Å². The Morgan fingerprint density at radius 2 is 2.00 bits per heavy atom. The first-order chi connectivity index (χ1) is 14.4. The minimum Gasteiger partial charge on any atom is -0.368 e. The van der Waals surface area contributed by atoms with E-state index in [1.807, 2.05) is 18.3 Å². The molecular weight excluding hydrogens is 398 g/mol. The van der Waals surface area contributed by atoms with E-state index in [0.717, 1.165) is 43.0 Å². The summed E-state index contributed by atoms with van der Waals surface area (Å²) in [7, 11) is 0. The van der Waals surface area contributed by atoms with Gasteiger partial charge < -0.3 is 16.0 Å². The Balaban J connectivity index is 1.33. The van der Waals surface area contributed by atoms with E-state index in [9.17, 15) is 9.59 Å². The summed E-state index contributed by atoms with van der Waals surface area (Å²) in [6, 6.07) is 8.16. The number of piperidine rings is 1. The molecule has 30 heavy (non-hydrogen) atoms. The van der Waals surface area contributed by atoms with Gasteiger partial charge in [0.25, 0.3) is 0 Å². The summed E-state index contributed by atoms with van der Waals surface area (Å²) >= 11 is 1.67. The van der Waals surface area contributed by atoms with Crippen LogP contribution >= 0.6 is 11.3 Å². The Morgan fingerprint density at radius 3 is 2.60 bits per heavy atom. The van der Waals surface area contributed by atoms with E-state index in [2.05, 4.69) is 29.4 Å². The lowest BCUT2D eigenvalue weighted by Crippen LogP contribution is -2.58. The van der Waals surface area contributed by atoms with Gasteiger partial charge in [-0.25, -0.2) is 9.78 Å². The number of rotatable bonds is 6. The number of nitrogens with one attached hydrogen (secondary N) is 1. The van der Waals surface area contributed by atoms with Gasteiger partial charge in [-0.3, -0.25) is 9.69 Å². The Kier molecular flexibility index (Phi) is 4.50. The molecule has 8 heteroatoms. The fraction of sp³-hybridized carbons (Fsp3) is 0.500. The van der Waals surface area contributed by atoms with Crippen LogP contribution in [0.5, 0.6) is 0 Å². The van der Waals surface area contributed by atoms with Crippen molar-refractivity contribution in [2.45, 2.75) is 50.0 Å². The van der Waals surface area contributed by atoms with Gasteiger partial charge >= 0.3 is 6.03 Å². The summed E-state index contributed by atoms with van der Waals surface area (Å²) in [6.45, 7) is 3.86. The maximum atomic E-state index is 13.0. The van der Waals surface area contributed by atoms with E-state index in [1.54, 1.807) is 21.1 Å². The number of benzene rings is 1. The SMILES string of the molecule is Cc1cnc(NCC2(c3ccc(N4C[C@@]5(C(N)=O)CCCCN5C4=O)cc3)CC2)s1. The molecule has 1 saturated carbocycles. The first kappa shape index (κ1) is 19.4. The molecule has 0 bridgehead atoms. The van der Waals surface area contributed by atoms with Gasteiger partial charge in [-0.15, -0.1) is 11.3 Å². The van der Waals surface area contributed by atoms with E-state index in [-0.39, 0.29) is 11.4 Å². The molecule has 1 aromatic carbocycles. The molecule has 3 heterocycles. The van der Waals surface area contributed by atoms with Crippen molar-refractivity contribution in [3.8, 4) is 0 Å². The zero-order chi connectivity index (χ0) is 20.9. The van der Waals surface area contributed by atoms with Gasteiger partial charge in [-0.2, -0.15) is 0 Å². The number of amides is 3. The highest BCUT2D eigenvalue weighted by Gasteiger charge is 2.55. The van der Waals surface area contributed by atoms with E-state index < -0.39 is 11.4 Å². The van der Waals surface area contributed by atoms with Crippen LogP contribution in [0.1, 0.15) is 42.5 Å². The minimum atomic E-state index is -0.860. The number of aryl methyl sites for hydroxylation is 1. The predicted octanol–water partition coefficient (Wildman–Crippen LogP) is 3.25. The highest BCUT2D eigenvalue weighted by Crippen LogP contribution is 2.49. The highest BCUT2D eigenvalue weighted by molar-refractivity contribution is 7.15. The van der Waals surface area contributed by atoms with Crippen LogP contribution in [0.3, 0.4) is 0 Å². The van der Waals surface area contributed by atoms with Crippen LogP contribution in [0, 0.1) is 6.92 Å². The van der Waals surface area contributed by atoms with Crippen molar-refractivity contribution in [3.63, 3.8) is 0 Å². The van der Waals surface area contributed by atoms with E-state index in [0.29, 0.717) is 19.5 Å². The third kappa shape index (κ3) is 3.05. The van der Waals surface area contributed by atoms with E-state index in [4.69, 9.17) is 5.73 Å². The number of hydrogen-bond acceptors (Lipinski definition) is 5. The van der Waals surface area contributed by atoms with Crippen molar-refractivity contribution in [1.29, 1.82) is 0 Å². The van der Waals surface area contributed by atoms with E-state index >= 15 is 0 Å². The Hall–Kier alpha value is -2.61. The third-order valence-electron chi connectivity index (χ3n) is 6.92. The second-order valence-electron chi connectivity index (χ2n) is 8.83. The van der Waals surface area contributed by atoms with Gasteiger partial charge in [0.1, 0.15) is 5.54 Å². The third-order valence-corrected chi connectivity index (χ3v) is 7.79. The second-order valence-corrected chi connectivity index (χ2v) is 10.1.